The maximum Gasteiger partial charge on any atom is 0.509 e. The predicted octanol–water partition coefficient (Wildman–Crippen LogP) is 5.23. The Balaban J connectivity index is 3.09. The molecule has 0 aromatic heterocycles. The summed E-state index contributed by atoms with van der Waals surface area (Å²) >= 11 is 6.01. The van der Waals surface area contributed by atoms with Crippen LogP contribution in [-0.4, -0.2) is 23.3 Å². The van der Waals surface area contributed by atoms with Crippen molar-refractivity contribution < 1.29 is 23.8 Å². The number of benzene rings is 1. The highest BCUT2D eigenvalue weighted by Gasteiger charge is 2.30. The van der Waals surface area contributed by atoms with Gasteiger partial charge in [-0.15, -0.1) is 0 Å². The fourth-order valence-electron chi connectivity index (χ4n) is 1.83. The van der Waals surface area contributed by atoms with Crippen LogP contribution in [0.25, 0.3) is 0 Å². The van der Waals surface area contributed by atoms with Gasteiger partial charge < -0.3 is 14.2 Å². The zero-order chi connectivity index (χ0) is 19.4. The molecule has 0 bridgehead atoms. The second-order valence-corrected chi connectivity index (χ2v) is 7.98. The maximum absolute atomic E-state index is 12.3. The molecule has 0 N–H and O–H groups in total. The first kappa shape index (κ1) is 21.0. The van der Waals surface area contributed by atoms with E-state index in [1.54, 1.807) is 65.8 Å². The summed E-state index contributed by atoms with van der Waals surface area (Å²) < 4.78 is 15.8. The SMILES string of the molecule is C=C(C(=O)OC(C)(C)C)C(OC(=O)OC(C)(C)C)c1cccc(Cl)c1. The van der Waals surface area contributed by atoms with Gasteiger partial charge in [0.15, 0.2) is 6.10 Å². The number of rotatable bonds is 4. The largest absolute Gasteiger partial charge is 0.509 e. The van der Waals surface area contributed by atoms with Crippen LogP contribution in [0.15, 0.2) is 36.4 Å². The minimum Gasteiger partial charge on any atom is -0.457 e. The van der Waals surface area contributed by atoms with E-state index in [4.69, 9.17) is 25.8 Å². The topological polar surface area (TPSA) is 61.8 Å². The summed E-state index contributed by atoms with van der Waals surface area (Å²) in [5.74, 6) is -0.666. The minimum atomic E-state index is -1.07. The van der Waals surface area contributed by atoms with Crippen LogP contribution in [0.3, 0.4) is 0 Å². The summed E-state index contributed by atoms with van der Waals surface area (Å²) in [6.45, 7) is 14.1. The van der Waals surface area contributed by atoms with Gasteiger partial charge in [-0.3, -0.25) is 0 Å². The van der Waals surface area contributed by atoms with E-state index < -0.39 is 29.4 Å². The van der Waals surface area contributed by atoms with Gasteiger partial charge in [0.05, 0.1) is 5.57 Å². The standard InChI is InChI=1S/C19H25ClO5/c1-12(16(21)24-18(2,3)4)15(13-9-8-10-14(20)11-13)23-17(22)25-19(5,6)7/h8-11,15H,1H2,2-7H3. The van der Waals surface area contributed by atoms with E-state index in [-0.39, 0.29) is 5.57 Å². The van der Waals surface area contributed by atoms with E-state index >= 15 is 0 Å². The van der Waals surface area contributed by atoms with Crippen LogP contribution in [0.5, 0.6) is 0 Å². The van der Waals surface area contributed by atoms with Crippen molar-refractivity contribution in [2.75, 3.05) is 0 Å². The first-order chi connectivity index (χ1) is 11.3. The van der Waals surface area contributed by atoms with Crippen molar-refractivity contribution in [3.63, 3.8) is 0 Å². The molecule has 1 rings (SSSR count). The maximum atomic E-state index is 12.3. The van der Waals surface area contributed by atoms with E-state index in [0.717, 1.165) is 0 Å². The number of ether oxygens (including phenoxy) is 3. The number of halogens is 1. The average Bonchev–Trinajstić information content (AvgIpc) is 2.40. The zero-order valence-corrected chi connectivity index (χ0v) is 16.3. The number of esters is 1. The molecular weight excluding hydrogens is 344 g/mol. The number of hydrogen-bond donors (Lipinski definition) is 0. The Kier molecular flexibility index (Phi) is 6.66. The molecule has 0 spiro atoms. The van der Waals surface area contributed by atoms with E-state index in [1.165, 1.54) is 0 Å². The van der Waals surface area contributed by atoms with Crippen molar-refractivity contribution in [2.45, 2.75) is 58.8 Å². The molecule has 0 aliphatic heterocycles. The van der Waals surface area contributed by atoms with Crippen molar-refractivity contribution in [3.05, 3.63) is 47.0 Å². The Morgan fingerprint density at radius 1 is 1.04 bits per heavy atom. The third-order valence-electron chi connectivity index (χ3n) is 2.73. The quantitative estimate of drug-likeness (QED) is 0.537. The van der Waals surface area contributed by atoms with Crippen LogP contribution in [0.2, 0.25) is 5.02 Å². The lowest BCUT2D eigenvalue weighted by Crippen LogP contribution is -2.29. The van der Waals surface area contributed by atoms with Crippen LogP contribution in [0, 0.1) is 0 Å². The van der Waals surface area contributed by atoms with Gasteiger partial charge in [-0.05, 0) is 59.2 Å². The number of carbonyl (C=O) groups excluding carboxylic acids is 2. The molecule has 6 heteroatoms. The predicted molar refractivity (Wildman–Crippen MR) is 96.5 cm³/mol. The van der Waals surface area contributed by atoms with E-state index in [9.17, 15) is 9.59 Å². The second kappa shape index (κ2) is 7.91. The first-order valence-corrected chi connectivity index (χ1v) is 8.23. The summed E-state index contributed by atoms with van der Waals surface area (Å²) in [6, 6.07) is 6.62. The van der Waals surface area contributed by atoms with Gasteiger partial charge in [-0.2, -0.15) is 0 Å². The first-order valence-electron chi connectivity index (χ1n) is 7.86. The molecule has 5 nitrogen and oxygen atoms in total. The van der Waals surface area contributed by atoms with Crippen molar-refractivity contribution >= 4 is 23.7 Å². The van der Waals surface area contributed by atoms with Gasteiger partial charge in [-0.1, -0.05) is 30.3 Å². The lowest BCUT2D eigenvalue weighted by atomic mass is 10.0. The van der Waals surface area contributed by atoms with Crippen molar-refractivity contribution in [1.29, 1.82) is 0 Å². The highest BCUT2D eigenvalue weighted by atomic mass is 35.5. The normalized spacial score (nSPS) is 12.9. The summed E-state index contributed by atoms with van der Waals surface area (Å²) in [6.07, 6.45) is -1.98. The van der Waals surface area contributed by atoms with Gasteiger partial charge in [0, 0.05) is 5.02 Å². The zero-order valence-electron chi connectivity index (χ0n) is 15.5. The van der Waals surface area contributed by atoms with Crippen LogP contribution in [0.4, 0.5) is 4.79 Å². The van der Waals surface area contributed by atoms with E-state index in [1.807, 2.05) is 0 Å². The molecule has 0 saturated carbocycles. The lowest BCUT2D eigenvalue weighted by Gasteiger charge is -2.25. The molecule has 0 fully saturated rings. The molecule has 0 aliphatic carbocycles. The van der Waals surface area contributed by atoms with Gasteiger partial charge in [-0.25, -0.2) is 9.59 Å². The summed E-state index contributed by atoms with van der Waals surface area (Å²) in [7, 11) is 0. The fraction of sp³-hybridized carbons (Fsp3) is 0.474. The van der Waals surface area contributed by atoms with Crippen molar-refractivity contribution in [2.24, 2.45) is 0 Å². The van der Waals surface area contributed by atoms with Crippen LogP contribution in [-0.2, 0) is 19.0 Å². The highest BCUT2D eigenvalue weighted by Crippen LogP contribution is 2.29. The van der Waals surface area contributed by atoms with Crippen molar-refractivity contribution in [1.82, 2.24) is 0 Å². The Morgan fingerprint density at radius 3 is 2.08 bits per heavy atom. The molecule has 1 unspecified atom stereocenters. The van der Waals surface area contributed by atoms with E-state index in [0.29, 0.717) is 10.6 Å². The number of carbonyl (C=O) groups is 2. The average molecular weight is 369 g/mol. The molecule has 0 saturated heterocycles. The van der Waals surface area contributed by atoms with Crippen LogP contribution < -0.4 is 0 Å². The Bertz CT molecular complexity index is 653. The molecule has 25 heavy (non-hydrogen) atoms. The van der Waals surface area contributed by atoms with E-state index in [2.05, 4.69) is 6.58 Å². The summed E-state index contributed by atoms with van der Waals surface area (Å²) in [5.41, 5.74) is -0.967. The van der Waals surface area contributed by atoms with Gasteiger partial charge >= 0.3 is 12.1 Å². The van der Waals surface area contributed by atoms with Gasteiger partial charge in [0.25, 0.3) is 0 Å². The third kappa shape index (κ3) is 7.61. The van der Waals surface area contributed by atoms with Crippen LogP contribution >= 0.6 is 11.6 Å². The minimum absolute atomic E-state index is 0.0250. The molecule has 0 radical (unpaired) electrons. The van der Waals surface area contributed by atoms with Gasteiger partial charge in [0.2, 0.25) is 0 Å². The fourth-order valence-corrected chi connectivity index (χ4v) is 2.03. The molecule has 138 valence electrons. The highest BCUT2D eigenvalue weighted by molar-refractivity contribution is 6.30. The van der Waals surface area contributed by atoms with Crippen LogP contribution in [0.1, 0.15) is 53.2 Å². The molecule has 0 amide bonds. The van der Waals surface area contributed by atoms with Crippen molar-refractivity contribution in [3.8, 4) is 0 Å². The second-order valence-electron chi connectivity index (χ2n) is 7.54. The number of hydrogen-bond acceptors (Lipinski definition) is 5. The molecule has 0 heterocycles. The molecular formula is C19H25ClO5. The smallest absolute Gasteiger partial charge is 0.457 e. The van der Waals surface area contributed by atoms with Gasteiger partial charge in [0.1, 0.15) is 11.2 Å². The molecule has 1 atom stereocenters. The molecule has 1 aromatic carbocycles. The molecule has 1 aromatic rings. The monoisotopic (exact) mass is 368 g/mol. The Morgan fingerprint density at radius 2 is 1.60 bits per heavy atom. The Hall–Kier alpha value is -2.01. The Labute approximate surface area is 153 Å². The molecule has 0 aliphatic rings. The summed E-state index contributed by atoms with van der Waals surface area (Å²) in [4.78, 5) is 24.4. The third-order valence-corrected chi connectivity index (χ3v) is 2.97. The summed E-state index contributed by atoms with van der Waals surface area (Å²) in [5, 5.41) is 0.437. The lowest BCUT2D eigenvalue weighted by molar-refractivity contribution is -0.151.